The van der Waals surface area contributed by atoms with Gasteiger partial charge < -0.3 is 13.9 Å². The molecule has 0 saturated carbocycles. The normalized spacial score (nSPS) is 12.0. The molecule has 0 N–H and O–H groups in total. The van der Waals surface area contributed by atoms with Gasteiger partial charge in [0.25, 0.3) is 0 Å². The van der Waals surface area contributed by atoms with Crippen LogP contribution in [0.3, 0.4) is 0 Å². The van der Waals surface area contributed by atoms with E-state index in [1.165, 1.54) is 55.9 Å². The minimum atomic E-state index is -0.194. The van der Waals surface area contributed by atoms with Gasteiger partial charge >= 0.3 is 21.1 Å². The maximum atomic E-state index is 7.04. The van der Waals surface area contributed by atoms with E-state index in [1.54, 1.807) is 0 Å². The number of para-hydroxylation sites is 3. The first-order chi connectivity index (χ1) is 33.5. The molecule has 0 atom stereocenters. The molecule has 0 radical (unpaired) electrons. The first-order valence-electron chi connectivity index (χ1n) is 25.3. The van der Waals surface area contributed by atoms with Gasteiger partial charge in [0.15, 0.2) is 0 Å². The van der Waals surface area contributed by atoms with Crippen LogP contribution in [0.4, 0.5) is 0 Å². The minimum Gasteiger partial charge on any atom is -0.497 e. The predicted octanol–water partition coefficient (Wildman–Crippen LogP) is 18.2. The van der Waals surface area contributed by atoms with Gasteiger partial charge in [-0.15, -0.1) is 34.4 Å². The summed E-state index contributed by atoms with van der Waals surface area (Å²) in [4.78, 5) is 10.5. The number of fused-ring (bicyclic) bond motifs is 1. The molecule has 0 saturated heterocycles. The molecule has 71 heavy (non-hydrogen) atoms. The van der Waals surface area contributed by atoms with Crippen molar-refractivity contribution in [3.63, 3.8) is 0 Å². The van der Waals surface area contributed by atoms with Crippen molar-refractivity contribution in [1.29, 1.82) is 0 Å². The minimum absolute atomic E-state index is 0. The van der Waals surface area contributed by atoms with E-state index < -0.39 is 0 Å². The molecule has 0 spiro atoms. The number of benzene rings is 7. The molecule has 2 heterocycles. The van der Waals surface area contributed by atoms with Crippen LogP contribution >= 0.6 is 0 Å². The predicted molar refractivity (Wildman–Crippen MR) is 293 cm³/mol. The van der Waals surface area contributed by atoms with Crippen molar-refractivity contribution in [3.8, 4) is 67.9 Å². The molecule has 0 aliphatic carbocycles. The van der Waals surface area contributed by atoms with Crippen LogP contribution in [-0.2, 0) is 26.5 Å². The average molecular weight is 1120 g/mol. The van der Waals surface area contributed by atoms with Crippen molar-refractivity contribution in [2.75, 3.05) is 0 Å². The fourth-order valence-electron chi connectivity index (χ4n) is 9.72. The molecule has 0 amide bonds. The summed E-state index contributed by atoms with van der Waals surface area (Å²) in [5.41, 5.74) is 18.2. The first-order valence-corrected chi connectivity index (χ1v) is 25.3. The van der Waals surface area contributed by atoms with Gasteiger partial charge in [-0.2, -0.15) is 0 Å². The molecule has 9 aromatic rings. The Bertz CT molecular complexity index is 3250. The second-order valence-corrected chi connectivity index (χ2v) is 21.6. The third kappa shape index (κ3) is 10.4. The largest absolute Gasteiger partial charge is 2.00 e. The molecule has 2 aromatic heterocycles. The molecule has 0 bridgehead atoms. The number of imidazole rings is 2. The fourth-order valence-corrected chi connectivity index (χ4v) is 9.72. The topological polar surface area (TPSA) is 44.9 Å². The third-order valence-corrected chi connectivity index (χ3v) is 13.7. The molecule has 0 unspecified atom stereocenters. The standard InChI is InChI=1S/C65H68N4O.Pt/c1-40(2)48-32-50(64-67-59-24-17-18-25-60(59)69(64)62-55(41(3)4)22-19-23-56(62)42(5)6)35-53(34-48)70-54-36-51(33-52(39-54)65(11,12)13)63-66-30-31-68(63)61-57(43(7)8)37-49(38-58(61)44(9)10)47-28-26-46(27-29-47)45-20-15-14-16-21-45;/h14-34,37-44H,1-13H3;/q-2;+2. The van der Waals surface area contributed by atoms with Crippen LogP contribution in [0.15, 0.2) is 146 Å². The molecule has 364 valence electrons. The zero-order valence-electron chi connectivity index (χ0n) is 43.8. The SMILES string of the molecule is CC(C)c1cc(Oc2[c-]c(-c3nccn3-c3c(C(C)C)cc(-c4ccc(-c5ccccc5)cc4)cc3C(C)C)cc(C(C)(C)C)c2)[c-]c(-c2nc3ccccc3n2-c2c(C(C)C)cccc2C(C)C)c1.[Pt+2]. The summed E-state index contributed by atoms with van der Waals surface area (Å²) in [6.45, 7) is 29.5. The Labute approximate surface area is 437 Å². The van der Waals surface area contributed by atoms with Crippen molar-refractivity contribution in [3.05, 3.63) is 191 Å². The van der Waals surface area contributed by atoms with Crippen LogP contribution in [-0.4, -0.2) is 19.1 Å². The second-order valence-electron chi connectivity index (χ2n) is 21.6. The number of hydrogen-bond acceptors (Lipinski definition) is 3. The summed E-state index contributed by atoms with van der Waals surface area (Å²) in [5.74, 6) is 4.22. The molecule has 7 aromatic carbocycles. The summed E-state index contributed by atoms with van der Waals surface area (Å²) in [5, 5.41) is 0. The van der Waals surface area contributed by atoms with Crippen LogP contribution in [0, 0.1) is 12.1 Å². The van der Waals surface area contributed by atoms with Gasteiger partial charge in [-0.1, -0.05) is 199 Å². The Hall–Kier alpha value is -6.29. The smallest absolute Gasteiger partial charge is 0.497 e. The van der Waals surface area contributed by atoms with E-state index in [2.05, 4.69) is 251 Å². The van der Waals surface area contributed by atoms with Crippen molar-refractivity contribution >= 4 is 11.0 Å². The van der Waals surface area contributed by atoms with E-state index in [4.69, 9.17) is 14.7 Å². The maximum absolute atomic E-state index is 7.04. The van der Waals surface area contributed by atoms with Crippen molar-refractivity contribution in [2.24, 2.45) is 0 Å². The Morgan fingerprint density at radius 2 is 1.03 bits per heavy atom. The monoisotopic (exact) mass is 1120 g/mol. The van der Waals surface area contributed by atoms with Gasteiger partial charge in [0, 0.05) is 35.3 Å². The van der Waals surface area contributed by atoms with Gasteiger partial charge in [0.2, 0.25) is 0 Å². The Morgan fingerprint density at radius 3 is 1.61 bits per heavy atom. The summed E-state index contributed by atoms with van der Waals surface area (Å²) < 4.78 is 11.7. The van der Waals surface area contributed by atoms with Gasteiger partial charge in [0.1, 0.15) is 0 Å². The van der Waals surface area contributed by atoms with Gasteiger partial charge in [-0.3, -0.25) is 9.97 Å². The number of aromatic nitrogens is 4. The molecule has 9 rings (SSSR count). The average Bonchev–Trinajstić information content (AvgIpc) is 3.99. The van der Waals surface area contributed by atoms with Crippen LogP contribution in [0.25, 0.3) is 67.4 Å². The maximum Gasteiger partial charge on any atom is 2.00 e. The summed E-state index contributed by atoms with van der Waals surface area (Å²) >= 11 is 0. The van der Waals surface area contributed by atoms with E-state index in [-0.39, 0.29) is 44.2 Å². The molecule has 6 heteroatoms. The van der Waals surface area contributed by atoms with Crippen molar-refractivity contribution < 1.29 is 25.8 Å². The quantitative estimate of drug-likeness (QED) is 0.108. The summed E-state index contributed by atoms with van der Waals surface area (Å²) in [6, 6.07) is 55.7. The van der Waals surface area contributed by atoms with E-state index in [0.29, 0.717) is 23.3 Å². The Morgan fingerprint density at radius 1 is 0.493 bits per heavy atom. The Balaban J connectivity index is 0.00000676. The number of nitrogens with zero attached hydrogens (tertiary/aromatic N) is 4. The van der Waals surface area contributed by atoms with Gasteiger partial charge in [-0.25, -0.2) is 0 Å². The molecule has 0 aliphatic heterocycles. The van der Waals surface area contributed by atoms with Crippen LogP contribution in [0.2, 0.25) is 0 Å². The third-order valence-electron chi connectivity index (χ3n) is 13.7. The first kappa shape index (κ1) is 51.1. The van der Waals surface area contributed by atoms with E-state index in [0.717, 1.165) is 44.9 Å². The summed E-state index contributed by atoms with van der Waals surface area (Å²) in [7, 11) is 0. The number of hydrogen-bond donors (Lipinski definition) is 0. The van der Waals surface area contributed by atoms with Crippen molar-refractivity contribution in [2.45, 2.75) is 125 Å². The van der Waals surface area contributed by atoms with Gasteiger partial charge in [0.05, 0.1) is 22.7 Å². The van der Waals surface area contributed by atoms with Crippen LogP contribution in [0.5, 0.6) is 11.5 Å². The number of rotatable bonds is 13. The Kier molecular flexibility index (Phi) is 15.0. The number of ether oxygens (including phenoxy) is 1. The second kappa shape index (κ2) is 20.8. The van der Waals surface area contributed by atoms with Crippen LogP contribution < -0.4 is 4.74 Å². The zero-order chi connectivity index (χ0) is 49.6. The van der Waals surface area contributed by atoms with Gasteiger partial charge in [-0.05, 0) is 104 Å². The van der Waals surface area contributed by atoms with Crippen molar-refractivity contribution in [1.82, 2.24) is 19.1 Å². The fraction of sp³-hybridized carbons (Fsp3) is 0.292. The molecular formula is C65H68N4OPt. The summed E-state index contributed by atoms with van der Waals surface area (Å²) in [6.07, 6.45) is 4.02. The van der Waals surface area contributed by atoms with Crippen LogP contribution in [0.1, 0.15) is 153 Å². The van der Waals surface area contributed by atoms with E-state index in [9.17, 15) is 0 Å². The van der Waals surface area contributed by atoms with E-state index in [1.807, 2.05) is 6.20 Å². The molecular weight excluding hydrogens is 1050 g/mol. The molecule has 0 aliphatic rings. The molecule has 0 fully saturated rings. The van der Waals surface area contributed by atoms with E-state index >= 15 is 0 Å². The zero-order valence-corrected chi connectivity index (χ0v) is 46.0. The molecule has 5 nitrogen and oxygen atoms in total.